The highest BCUT2D eigenvalue weighted by Gasteiger charge is 2.31. The summed E-state index contributed by atoms with van der Waals surface area (Å²) in [5, 5.41) is 1.82. The van der Waals surface area contributed by atoms with E-state index < -0.39 is 16.1 Å². The average Bonchev–Trinajstić information content (AvgIpc) is 3.08. The predicted octanol–water partition coefficient (Wildman–Crippen LogP) is 0.732. The third-order valence-electron chi connectivity index (χ3n) is 4.28. The fourth-order valence-corrected chi connectivity index (χ4v) is 5.74. The van der Waals surface area contributed by atoms with E-state index in [0.29, 0.717) is 43.4 Å². The van der Waals surface area contributed by atoms with Crippen LogP contribution in [0.25, 0.3) is 0 Å². The standard InChI is InChI=1S/C15H21N3O5S2/c1-12-9-14(24-11-12)25(21,22)18-4-2-3-16(5-6-18)13(19)10-17-7-8-23-15(17)20/h9,11H,2-8,10H2,1H3. The van der Waals surface area contributed by atoms with E-state index in [0.717, 1.165) is 5.56 Å². The molecule has 1 aromatic heterocycles. The van der Waals surface area contributed by atoms with Gasteiger partial charge in [-0.3, -0.25) is 9.69 Å². The number of amides is 2. The van der Waals surface area contributed by atoms with Gasteiger partial charge in [-0.05, 0) is 30.4 Å². The predicted molar refractivity (Wildman–Crippen MR) is 91.9 cm³/mol. The molecular weight excluding hydrogens is 366 g/mol. The molecular formula is C15H21N3O5S2. The lowest BCUT2D eigenvalue weighted by atomic mass is 10.3. The molecule has 2 amide bonds. The van der Waals surface area contributed by atoms with Crippen molar-refractivity contribution in [1.29, 1.82) is 0 Å². The zero-order valence-corrected chi connectivity index (χ0v) is 15.6. The van der Waals surface area contributed by atoms with Crippen LogP contribution in [0.5, 0.6) is 0 Å². The second kappa shape index (κ2) is 7.30. The fraction of sp³-hybridized carbons (Fsp3) is 0.600. The summed E-state index contributed by atoms with van der Waals surface area (Å²) < 4.78 is 32.0. The number of carbonyl (C=O) groups excluding carboxylic acids is 2. The number of sulfonamides is 1. The van der Waals surface area contributed by atoms with Crippen LogP contribution in [0, 0.1) is 6.92 Å². The summed E-state index contributed by atoms with van der Waals surface area (Å²) in [4.78, 5) is 26.8. The molecule has 0 atom stereocenters. The molecule has 0 unspecified atom stereocenters. The summed E-state index contributed by atoms with van der Waals surface area (Å²) in [6.07, 6.45) is 0.0974. The number of nitrogens with zero attached hydrogens (tertiary/aromatic N) is 3. The zero-order valence-electron chi connectivity index (χ0n) is 14.0. The van der Waals surface area contributed by atoms with Crippen LogP contribution in [0.3, 0.4) is 0 Å². The molecule has 0 saturated carbocycles. The lowest BCUT2D eigenvalue weighted by molar-refractivity contribution is -0.131. The molecule has 0 radical (unpaired) electrons. The van der Waals surface area contributed by atoms with Crippen molar-refractivity contribution in [3.05, 3.63) is 17.0 Å². The quantitative estimate of drug-likeness (QED) is 0.760. The van der Waals surface area contributed by atoms with Crippen molar-refractivity contribution in [2.75, 3.05) is 45.9 Å². The van der Waals surface area contributed by atoms with E-state index in [1.807, 2.05) is 12.3 Å². The van der Waals surface area contributed by atoms with Gasteiger partial charge >= 0.3 is 6.09 Å². The van der Waals surface area contributed by atoms with Crippen molar-refractivity contribution in [3.63, 3.8) is 0 Å². The van der Waals surface area contributed by atoms with Gasteiger partial charge in [-0.25, -0.2) is 13.2 Å². The Hall–Kier alpha value is -1.65. The van der Waals surface area contributed by atoms with Crippen LogP contribution in [0.4, 0.5) is 4.79 Å². The molecule has 1 aromatic rings. The van der Waals surface area contributed by atoms with Gasteiger partial charge in [0.15, 0.2) is 0 Å². The number of carbonyl (C=O) groups is 2. The Bertz CT molecular complexity index is 761. The molecule has 10 heteroatoms. The van der Waals surface area contributed by atoms with Crippen molar-refractivity contribution >= 4 is 33.4 Å². The van der Waals surface area contributed by atoms with Gasteiger partial charge < -0.3 is 9.64 Å². The second-order valence-corrected chi connectivity index (χ2v) is 9.19. The molecule has 8 nitrogen and oxygen atoms in total. The van der Waals surface area contributed by atoms with Gasteiger partial charge in [-0.15, -0.1) is 11.3 Å². The molecule has 3 rings (SSSR count). The third kappa shape index (κ3) is 3.96. The van der Waals surface area contributed by atoms with Crippen LogP contribution in [-0.4, -0.2) is 80.4 Å². The first-order valence-electron chi connectivity index (χ1n) is 8.13. The lowest BCUT2D eigenvalue weighted by Gasteiger charge is -2.23. The summed E-state index contributed by atoms with van der Waals surface area (Å²) in [6.45, 7) is 4.01. The van der Waals surface area contributed by atoms with Crippen molar-refractivity contribution < 1.29 is 22.7 Å². The Morgan fingerprint density at radius 1 is 1.24 bits per heavy atom. The Balaban J connectivity index is 1.62. The van der Waals surface area contributed by atoms with E-state index in [4.69, 9.17) is 4.74 Å². The minimum absolute atomic E-state index is 0.0182. The van der Waals surface area contributed by atoms with Gasteiger partial charge in [0.2, 0.25) is 5.91 Å². The highest BCUT2D eigenvalue weighted by Crippen LogP contribution is 2.24. The first-order chi connectivity index (χ1) is 11.9. The molecule has 2 fully saturated rings. The number of ether oxygens (including phenoxy) is 1. The van der Waals surface area contributed by atoms with Crippen LogP contribution in [0.1, 0.15) is 12.0 Å². The number of cyclic esters (lactones) is 1. The van der Waals surface area contributed by atoms with Gasteiger partial charge in [-0.2, -0.15) is 4.31 Å². The van der Waals surface area contributed by atoms with Crippen LogP contribution < -0.4 is 0 Å². The van der Waals surface area contributed by atoms with E-state index in [1.165, 1.54) is 20.5 Å². The Kier molecular flexibility index (Phi) is 5.30. The molecule has 0 aromatic carbocycles. The van der Waals surface area contributed by atoms with Crippen LogP contribution >= 0.6 is 11.3 Å². The number of rotatable bonds is 4. The summed E-state index contributed by atoms with van der Waals surface area (Å²) in [5.74, 6) is -0.176. The monoisotopic (exact) mass is 387 g/mol. The maximum absolute atomic E-state index is 12.7. The SMILES string of the molecule is Cc1csc(S(=O)(=O)N2CCCN(C(=O)CN3CCOC3=O)CC2)c1. The number of hydrogen-bond acceptors (Lipinski definition) is 6. The number of hydrogen-bond donors (Lipinski definition) is 0. The molecule has 138 valence electrons. The highest BCUT2D eigenvalue weighted by molar-refractivity contribution is 7.91. The van der Waals surface area contributed by atoms with Crippen molar-refractivity contribution in [3.8, 4) is 0 Å². The summed E-state index contributed by atoms with van der Waals surface area (Å²) >= 11 is 1.22. The molecule has 0 bridgehead atoms. The third-order valence-corrected chi connectivity index (χ3v) is 7.71. The second-order valence-electron chi connectivity index (χ2n) is 6.12. The summed E-state index contributed by atoms with van der Waals surface area (Å²) in [7, 11) is -3.52. The topological polar surface area (TPSA) is 87.2 Å². The van der Waals surface area contributed by atoms with Gasteiger partial charge in [0.05, 0.1) is 6.54 Å². The smallest absolute Gasteiger partial charge is 0.410 e. The first kappa shape index (κ1) is 18.2. The molecule has 0 spiro atoms. The molecule has 0 N–H and O–H groups in total. The number of thiophene rings is 1. The minimum atomic E-state index is -3.52. The van der Waals surface area contributed by atoms with E-state index in [1.54, 1.807) is 11.0 Å². The maximum atomic E-state index is 12.7. The summed E-state index contributed by atoms with van der Waals surface area (Å²) in [5.41, 5.74) is 0.924. The maximum Gasteiger partial charge on any atom is 0.410 e. The molecule has 3 heterocycles. The van der Waals surface area contributed by atoms with Gasteiger partial charge in [-0.1, -0.05) is 0 Å². The lowest BCUT2D eigenvalue weighted by Crippen LogP contribution is -2.42. The highest BCUT2D eigenvalue weighted by atomic mass is 32.2. The van der Waals surface area contributed by atoms with E-state index in [9.17, 15) is 18.0 Å². The average molecular weight is 387 g/mol. The molecule has 2 aliphatic rings. The van der Waals surface area contributed by atoms with Crippen molar-refractivity contribution in [2.24, 2.45) is 0 Å². The van der Waals surface area contributed by atoms with Crippen molar-refractivity contribution in [1.82, 2.24) is 14.1 Å². The van der Waals surface area contributed by atoms with E-state index in [2.05, 4.69) is 0 Å². The minimum Gasteiger partial charge on any atom is -0.448 e. The molecule has 0 aliphatic carbocycles. The van der Waals surface area contributed by atoms with Gasteiger partial charge in [0.25, 0.3) is 10.0 Å². The fourth-order valence-electron chi connectivity index (χ4n) is 2.88. The Morgan fingerprint density at radius 2 is 2.04 bits per heavy atom. The Labute approximate surface area is 151 Å². The zero-order chi connectivity index (χ0) is 18.0. The van der Waals surface area contributed by atoms with Crippen LogP contribution in [0.2, 0.25) is 0 Å². The largest absolute Gasteiger partial charge is 0.448 e. The van der Waals surface area contributed by atoms with Crippen molar-refractivity contribution in [2.45, 2.75) is 17.6 Å². The van der Waals surface area contributed by atoms with E-state index >= 15 is 0 Å². The molecule has 25 heavy (non-hydrogen) atoms. The normalized spacial score (nSPS) is 19.8. The molecule has 2 saturated heterocycles. The number of aryl methyl sites for hydroxylation is 1. The molecule has 2 aliphatic heterocycles. The van der Waals surface area contributed by atoms with E-state index in [-0.39, 0.29) is 19.0 Å². The Morgan fingerprint density at radius 3 is 2.68 bits per heavy atom. The van der Waals surface area contributed by atoms with Gasteiger partial charge in [0, 0.05) is 26.2 Å². The van der Waals surface area contributed by atoms with Crippen LogP contribution in [0.15, 0.2) is 15.7 Å². The van der Waals surface area contributed by atoms with Gasteiger partial charge in [0.1, 0.15) is 17.4 Å². The summed E-state index contributed by atoms with van der Waals surface area (Å²) in [6, 6.07) is 1.67. The van der Waals surface area contributed by atoms with Crippen LogP contribution in [-0.2, 0) is 19.6 Å². The first-order valence-corrected chi connectivity index (χ1v) is 10.4.